The molecule has 0 atom stereocenters. The number of anilines is 1. The molecule has 8 heteroatoms. The van der Waals surface area contributed by atoms with Crippen molar-refractivity contribution >= 4 is 67.4 Å². The lowest BCUT2D eigenvalue weighted by Crippen LogP contribution is -2.29. The van der Waals surface area contributed by atoms with E-state index in [4.69, 9.17) is 21.4 Å². The fourth-order valence-corrected chi connectivity index (χ4v) is 4.56. The number of hydrogen-bond acceptors (Lipinski definition) is 7. The first kappa shape index (κ1) is 18.2. The molecule has 2 rings (SSSR count). The first-order valence-corrected chi connectivity index (χ1v) is 10.0. The van der Waals surface area contributed by atoms with Gasteiger partial charge in [-0.05, 0) is 15.9 Å². The molecule has 0 saturated carbocycles. The third kappa shape index (κ3) is 4.69. The molecule has 2 heterocycles. The maximum Gasteiger partial charge on any atom is 0.197 e. The monoisotopic (exact) mass is 423 g/mol. The molecule has 0 radical (unpaired) electrons. The SMILES string of the molecule is COCCSCCN(CCO)c1cc(=S)c2scc(Br)c2o1. The van der Waals surface area contributed by atoms with Crippen LogP contribution < -0.4 is 4.90 Å². The molecule has 0 aliphatic heterocycles. The third-order valence-corrected chi connectivity index (χ3v) is 6.27. The number of halogens is 1. The summed E-state index contributed by atoms with van der Waals surface area (Å²) in [5, 5.41) is 11.3. The highest BCUT2D eigenvalue weighted by molar-refractivity contribution is 9.10. The van der Waals surface area contributed by atoms with Crippen LogP contribution in [-0.4, -0.2) is 50.0 Å². The van der Waals surface area contributed by atoms with E-state index in [1.54, 1.807) is 18.4 Å². The molecule has 4 nitrogen and oxygen atoms in total. The Morgan fingerprint density at radius 3 is 3.00 bits per heavy atom. The minimum atomic E-state index is 0.0772. The molecule has 2 aromatic rings. The lowest BCUT2D eigenvalue weighted by Gasteiger charge is -2.22. The molecule has 0 unspecified atom stereocenters. The van der Waals surface area contributed by atoms with Gasteiger partial charge in [0.2, 0.25) is 0 Å². The van der Waals surface area contributed by atoms with Crippen molar-refractivity contribution in [1.82, 2.24) is 0 Å². The zero-order valence-electron chi connectivity index (χ0n) is 12.2. The molecule has 0 fully saturated rings. The van der Waals surface area contributed by atoms with Crippen LogP contribution in [0.3, 0.4) is 0 Å². The average molecular weight is 424 g/mol. The van der Waals surface area contributed by atoms with E-state index in [1.165, 1.54) is 0 Å². The van der Waals surface area contributed by atoms with Crippen LogP contribution in [0.4, 0.5) is 5.88 Å². The van der Waals surface area contributed by atoms with E-state index in [0.717, 1.165) is 43.9 Å². The topological polar surface area (TPSA) is 45.8 Å². The van der Waals surface area contributed by atoms with Crippen molar-refractivity contribution in [1.29, 1.82) is 0 Å². The minimum absolute atomic E-state index is 0.0772. The smallest absolute Gasteiger partial charge is 0.197 e. The fourth-order valence-electron chi connectivity index (χ4n) is 1.93. The summed E-state index contributed by atoms with van der Waals surface area (Å²) in [6.45, 7) is 2.14. The van der Waals surface area contributed by atoms with Gasteiger partial charge in [-0.2, -0.15) is 11.8 Å². The van der Waals surface area contributed by atoms with Crippen LogP contribution in [0.25, 0.3) is 10.3 Å². The van der Waals surface area contributed by atoms with E-state index < -0.39 is 0 Å². The molecular formula is C14H18BrNO3S3. The van der Waals surface area contributed by atoms with Gasteiger partial charge in [0.05, 0.1) is 26.9 Å². The third-order valence-electron chi connectivity index (χ3n) is 3.01. The number of aliphatic hydroxyl groups is 1. The summed E-state index contributed by atoms with van der Waals surface area (Å²) in [4.78, 5) is 2.03. The molecule has 22 heavy (non-hydrogen) atoms. The average Bonchev–Trinajstić information content (AvgIpc) is 2.88. The van der Waals surface area contributed by atoms with Crippen molar-refractivity contribution in [3.63, 3.8) is 0 Å². The molecule has 0 amide bonds. The second kappa shape index (κ2) is 9.24. The number of thioether (sulfide) groups is 1. The van der Waals surface area contributed by atoms with Crippen LogP contribution in [0.5, 0.6) is 0 Å². The van der Waals surface area contributed by atoms with Gasteiger partial charge in [-0.25, -0.2) is 0 Å². The van der Waals surface area contributed by atoms with Crippen LogP contribution in [0, 0.1) is 4.51 Å². The van der Waals surface area contributed by atoms with E-state index in [-0.39, 0.29) is 6.61 Å². The van der Waals surface area contributed by atoms with Gasteiger partial charge in [0.25, 0.3) is 0 Å². The second-order valence-electron chi connectivity index (χ2n) is 4.51. The number of hydrogen-bond donors (Lipinski definition) is 1. The van der Waals surface area contributed by atoms with Crippen molar-refractivity contribution in [3.05, 3.63) is 20.4 Å². The molecule has 0 spiro atoms. The number of methoxy groups -OCH3 is 1. The van der Waals surface area contributed by atoms with Crippen LogP contribution in [0.15, 0.2) is 20.3 Å². The van der Waals surface area contributed by atoms with E-state index in [0.29, 0.717) is 12.4 Å². The summed E-state index contributed by atoms with van der Waals surface area (Å²) >= 11 is 12.3. The largest absolute Gasteiger partial charge is 0.438 e. The zero-order valence-corrected chi connectivity index (χ0v) is 16.2. The van der Waals surface area contributed by atoms with Gasteiger partial charge < -0.3 is 19.2 Å². The van der Waals surface area contributed by atoms with Crippen LogP contribution in [0.2, 0.25) is 0 Å². The molecule has 122 valence electrons. The van der Waals surface area contributed by atoms with Gasteiger partial charge in [-0.3, -0.25) is 0 Å². The van der Waals surface area contributed by atoms with Gasteiger partial charge in [0.1, 0.15) is 0 Å². The van der Waals surface area contributed by atoms with Gasteiger partial charge in [0, 0.05) is 43.2 Å². The minimum Gasteiger partial charge on any atom is -0.438 e. The standard InChI is InChI=1S/C14H18BrNO3S3/c1-18-5-7-21-6-3-16(2-4-17)12-8-11(20)14-13(19-12)10(15)9-22-14/h8-9,17H,2-7H2,1H3. The van der Waals surface area contributed by atoms with E-state index in [1.807, 2.05) is 28.1 Å². The van der Waals surface area contributed by atoms with Gasteiger partial charge in [-0.1, -0.05) is 12.2 Å². The van der Waals surface area contributed by atoms with Crippen molar-refractivity contribution < 1.29 is 14.3 Å². The normalized spacial score (nSPS) is 11.2. The molecule has 2 aromatic heterocycles. The molecule has 0 saturated heterocycles. The molecule has 0 bridgehead atoms. The number of aliphatic hydroxyl groups excluding tert-OH is 1. The van der Waals surface area contributed by atoms with Crippen molar-refractivity contribution in [3.8, 4) is 0 Å². The van der Waals surface area contributed by atoms with Crippen LogP contribution in [0.1, 0.15) is 0 Å². The maximum atomic E-state index is 9.29. The van der Waals surface area contributed by atoms with Crippen molar-refractivity contribution in [2.24, 2.45) is 0 Å². The van der Waals surface area contributed by atoms with Gasteiger partial charge in [-0.15, -0.1) is 11.3 Å². The van der Waals surface area contributed by atoms with Crippen molar-refractivity contribution in [2.75, 3.05) is 49.8 Å². The first-order valence-electron chi connectivity index (χ1n) is 6.80. The summed E-state index contributed by atoms with van der Waals surface area (Å²) in [6.07, 6.45) is 0. The Morgan fingerprint density at radius 2 is 2.27 bits per heavy atom. The number of fused-ring (bicyclic) bond motifs is 1. The van der Waals surface area contributed by atoms with E-state index in [2.05, 4.69) is 15.9 Å². The Morgan fingerprint density at radius 1 is 1.45 bits per heavy atom. The molecule has 0 aliphatic rings. The summed E-state index contributed by atoms with van der Waals surface area (Å²) in [5.74, 6) is 2.61. The molecule has 0 aliphatic carbocycles. The Hall–Kier alpha value is -0.120. The number of nitrogens with zero attached hydrogens (tertiary/aromatic N) is 1. The highest BCUT2D eigenvalue weighted by atomic mass is 79.9. The summed E-state index contributed by atoms with van der Waals surface area (Å²) in [5.41, 5.74) is 0.780. The number of ether oxygens (including phenoxy) is 1. The molecule has 0 aromatic carbocycles. The molecule has 1 N–H and O–H groups in total. The van der Waals surface area contributed by atoms with Gasteiger partial charge in [0.15, 0.2) is 11.5 Å². The Kier molecular flexibility index (Phi) is 7.66. The Balaban J connectivity index is 2.13. The number of thiophene rings is 1. The summed E-state index contributed by atoms with van der Waals surface area (Å²) < 4.78 is 13.7. The van der Waals surface area contributed by atoms with E-state index >= 15 is 0 Å². The quantitative estimate of drug-likeness (QED) is 0.482. The van der Waals surface area contributed by atoms with Crippen LogP contribution in [-0.2, 0) is 4.74 Å². The lowest BCUT2D eigenvalue weighted by molar-refractivity contribution is 0.218. The Labute approximate surface area is 151 Å². The Bertz CT molecular complexity index is 658. The van der Waals surface area contributed by atoms with Crippen molar-refractivity contribution in [2.45, 2.75) is 0 Å². The number of rotatable bonds is 9. The summed E-state index contributed by atoms with van der Waals surface area (Å²) in [7, 11) is 1.70. The van der Waals surface area contributed by atoms with E-state index in [9.17, 15) is 5.11 Å². The zero-order chi connectivity index (χ0) is 15.9. The molecular weight excluding hydrogens is 406 g/mol. The predicted octanol–water partition coefficient (Wildman–Crippen LogP) is 4.16. The maximum absolute atomic E-state index is 9.29. The fraction of sp³-hybridized carbons (Fsp3) is 0.500. The lowest BCUT2D eigenvalue weighted by atomic mass is 10.4. The first-order chi connectivity index (χ1) is 10.7. The highest BCUT2D eigenvalue weighted by Gasteiger charge is 2.13. The highest BCUT2D eigenvalue weighted by Crippen LogP contribution is 2.34. The second-order valence-corrected chi connectivity index (χ2v) is 7.91. The summed E-state index contributed by atoms with van der Waals surface area (Å²) in [6, 6.07) is 1.87. The van der Waals surface area contributed by atoms with Gasteiger partial charge >= 0.3 is 0 Å². The van der Waals surface area contributed by atoms with Crippen LogP contribution >= 0.6 is 51.2 Å². The predicted molar refractivity (Wildman–Crippen MR) is 101 cm³/mol.